The number of pyridine rings is 1. The molecule has 20 heavy (non-hydrogen) atoms. The van der Waals surface area contributed by atoms with Crippen LogP contribution < -0.4 is 16.8 Å². The summed E-state index contributed by atoms with van der Waals surface area (Å²) in [6.07, 6.45) is 7.91. The van der Waals surface area contributed by atoms with Gasteiger partial charge in [-0.1, -0.05) is 32.6 Å². The predicted octanol–water partition coefficient (Wildman–Crippen LogP) is 3.26. The summed E-state index contributed by atoms with van der Waals surface area (Å²) in [5, 5.41) is 1.67. The van der Waals surface area contributed by atoms with E-state index in [1.54, 1.807) is 0 Å². The van der Waals surface area contributed by atoms with Gasteiger partial charge in [-0.25, -0.2) is 0 Å². The number of aromatic nitrogens is 1. The number of nitrogens with two attached hydrogens (primary N) is 1. The molecule has 0 aliphatic heterocycles. The van der Waals surface area contributed by atoms with Crippen molar-refractivity contribution in [3.05, 3.63) is 40.8 Å². The number of aryl methyl sites for hydroxylation is 1. The third-order valence-corrected chi connectivity index (χ3v) is 3.65. The average molecular weight is 273 g/mol. The van der Waals surface area contributed by atoms with E-state index in [0.717, 1.165) is 29.4 Å². The van der Waals surface area contributed by atoms with E-state index in [1.807, 2.05) is 35.0 Å². The Morgan fingerprint density at radius 3 is 2.70 bits per heavy atom. The van der Waals surface area contributed by atoms with Gasteiger partial charge in [-0.2, -0.15) is 0 Å². The minimum absolute atomic E-state index is 0.0848. The molecule has 0 radical (unpaired) electrons. The van der Waals surface area contributed by atoms with Gasteiger partial charge in [-0.05, 0) is 36.1 Å². The number of benzene rings is 1. The van der Waals surface area contributed by atoms with E-state index in [9.17, 15) is 4.79 Å². The first-order valence-corrected chi connectivity index (χ1v) is 7.36. The quantitative estimate of drug-likeness (QED) is 0.462. The second-order valence-electron chi connectivity index (χ2n) is 5.17. The van der Waals surface area contributed by atoms with Crippen molar-refractivity contribution in [3.63, 3.8) is 0 Å². The van der Waals surface area contributed by atoms with Gasteiger partial charge >= 0.3 is 0 Å². The molecule has 0 fully saturated rings. The van der Waals surface area contributed by atoms with Crippen LogP contribution in [0.2, 0.25) is 0 Å². The summed E-state index contributed by atoms with van der Waals surface area (Å²) in [4.78, 5) is 12.4. The molecule has 1 aromatic heterocycles. The zero-order valence-corrected chi connectivity index (χ0v) is 12.1. The summed E-state index contributed by atoms with van der Waals surface area (Å²) < 4.78 is 1.81. The number of hydrogen-bond donors (Lipinski definition) is 2. The minimum Gasteiger partial charge on any atom is -0.324 e. The van der Waals surface area contributed by atoms with Crippen molar-refractivity contribution in [1.29, 1.82) is 0 Å². The van der Waals surface area contributed by atoms with Crippen LogP contribution in [0.1, 0.15) is 39.0 Å². The van der Waals surface area contributed by atoms with E-state index < -0.39 is 0 Å². The van der Waals surface area contributed by atoms with Crippen molar-refractivity contribution in [2.24, 2.45) is 5.84 Å². The molecule has 0 amide bonds. The number of unbranched alkanes of at least 4 members (excludes halogenated alkanes) is 4. The molecule has 4 nitrogen and oxygen atoms in total. The number of nitrogens with one attached hydrogen (secondary N) is 1. The number of rotatable bonds is 7. The van der Waals surface area contributed by atoms with E-state index >= 15 is 0 Å². The zero-order valence-electron chi connectivity index (χ0n) is 12.1. The second kappa shape index (κ2) is 7.10. The van der Waals surface area contributed by atoms with Gasteiger partial charge in [0, 0.05) is 23.8 Å². The van der Waals surface area contributed by atoms with Crippen LogP contribution in [-0.2, 0) is 6.54 Å². The van der Waals surface area contributed by atoms with Crippen LogP contribution in [0, 0.1) is 0 Å². The summed E-state index contributed by atoms with van der Waals surface area (Å²) in [5.41, 5.74) is 3.50. The van der Waals surface area contributed by atoms with Crippen LogP contribution in [-0.4, -0.2) is 4.57 Å². The molecule has 1 heterocycles. The number of hydrogen-bond acceptors (Lipinski definition) is 3. The molecule has 108 valence electrons. The van der Waals surface area contributed by atoms with Gasteiger partial charge in [-0.15, -0.1) is 0 Å². The molecule has 0 atom stereocenters. The highest BCUT2D eigenvalue weighted by atomic mass is 16.1. The average Bonchev–Trinajstić information content (AvgIpc) is 2.48. The smallest absolute Gasteiger partial charge is 0.258 e. The van der Waals surface area contributed by atoms with Crippen molar-refractivity contribution >= 4 is 16.5 Å². The van der Waals surface area contributed by atoms with Crippen molar-refractivity contribution in [2.75, 3.05) is 5.43 Å². The molecule has 0 saturated heterocycles. The fourth-order valence-electron chi connectivity index (χ4n) is 2.44. The number of anilines is 1. The standard InChI is InChI=1S/C16H23N3O/c1-2-3-4-5-6-10-19-11-9-13-12-14(18-17)7-8-15(13)16(19)20/h7-9,11-12,18H,2-6,10,17H2,1H3. The summed E-state index contributed by atoms with van der Waals surface area (Å²) in [7, 11) is 0. The van der Waals surface area contributed by atoms with E-state index in [0.29, 0.717) is 0 Å². The predicted molar refractivity (Wildman–Crippen MR) is 84.8 cm³/mol. The van der Waals surface area contributed by atoms with E-state index in [1.165, 1.54) is 25.7 Å². The highest BCUT2D eigenvalue weighted by Gasteiger charge is 2.03. The first-order valence-electron chi connectivity index (χ1n) is 7.36. The molecular formula is C16H23N3O. The molecule has 1 aromatic carbocycles. The van der Waals surface area contributed by atoms with Gasteiger partial charge < -0.3 is 9.99 Å². The molecule has 0 aliphatic carbocycles. The molecule has 2 rings (SSSR count). The lowest BCUT2D eigenvalue weighted by atomic mass is 10.1. The molecule has 0 unspecified atom stereocenters. The van der Waals surface area contributed by atoms with Gasteiger partial charge in [0.05, 0.1) is 0 Å². The minimum atomic E-state index is 0.0848. The van der Waals surface area contributed by atoms with Crippen molar-refractivity contribution in [2.45, 2.75) is 45.6 Å². The summed E-state index contributed by atoms with van der Waals surface area (Å²) in [5.74, 6) is 5.38. The Kier molecular flexibility index (Phi) is 5.18. The van der Waals surface area contributed by atoms with Crippen molar-refractivity contribution < 1.29 is 0 Å². The Bertz CT molecular complexity index is 619. The van der Waals surface area contributed by atoms with Crippen LogP contribution >= 0.6 is 0 Å². The maximum atomic E-state index is 12.4. The molecule has 0 spiro atoms. The lowest BCUT2D eigenvalue weighted by Crippen LogP contribution is -2.19. The van der Waals surface area contributed by atoms with E-state index in [4.69, 9.17) is 5.84 Å². The maximum absolute atomic E-state index is 12.4. The summed E-state index contributed by atoms with van der Waals surface area (Å²) in [6.45, 7) is 3.01. The number of nitrogens with zero attached hydrogens (tertiary/aromatic N) is 1. The first-order chi connectivity index (χ1) is 9.76. The van der Waals surface area contributed by atoms with Crippen molar-refractivity contribution in [3.8, 4) is 0 Å². The Morgan fingerprint density at radius 2 is 1.95 bits per heavy atom. The summed E-state index contributed by atoms with van der Waals surface area (Å²) in [6, 6.07) is 7.53. The van der Waals surface area contributed by atoms with E-state index in [2.05, 4.69) is 12.3 Å². The first kappa shape index (κ1) is 14.6. The van der Waals surface area contributed by atoms with Crippen LogP contribution in [0.3, 0.4) is 0 Å². The highest BCUT2D eigenvalue weighted by Crippen LogP contribution is 2.15. The second-order valence-corrected chi connectivity index (χ2v) is 5.17. The van der Waals surface area contributed by atoms with Gasteiger partial charge in [0.15, 0.2) is 0 Å². The van der Waals surface area contributed by atoms with Gasteiger partial charge in [0.1, 0.15) is 0 Å². The molecule has 0 bridgehead atoms. The number of hydrazine groups is 1. The normalized spacial score (nSPS) is 10.9. The lowest BCUT2D eigenvalue weighted by Gasteiger charge is -2.08. The van der Waals surface area contributed by atoms with Gasteiger partial charge in [0.2, 0.25) is 0 Å². The van der Waals surface area contributed by atoms with Crippen LogP contribution in [0.15, 0.2) is 35.3 Å². The number of nitrogen functional groups attached to an aromatic ring is 1. The molecule has 0 saturated carbocycles. The Balaban J connectivity index is 2.11. The molecule has 4 heteroatoms. The van der Waals surface area contributed by atoms with Gasteiger partial charge in [-0.3, -0.25) is 10.6 Å². The van der Waals surface area contributed by atoms with Gasteiger partial charge in [0.25, 0.3) is 5.56 Å². The number of fused-ring (bicyclic) bond motifs is 1. The fourth-order valence-corrected chi connectivity index (χ4v) is 2.44. The highest BCUT2D eigenvalue weighted by molar-refractivity contribution is 5.84. The Labute approximate surface area is 119 Å². The van der Waals surface area contributed by atoms with Crippen molar-refractivity contribution in [1.82, 2.24) is 4.57 Å². The maximum Gasteiger partial charge on any atom is 0.258 e. The van der Waals surface area contributed by atoms with Crippen LogP contribution in [0.5, 0.6) is 0 Å². The third-order valence-electron chi connectivity index (χ3n) is 3.65. The SMILES string of the molecule is CCCCCCCn1ccc2cc(NN)ccc2c1=O. The monoisotopic (exact) mass is 273 g/mol. The van der Waals surface area contributed by atoms with E-state index in [-0.39, 0.29) is 5.56 Å². The zero-order chi connectivity index (χ0) is 14.4. The van der Waals surface area contributed by atoms with Crippen LogP contribution in [0.4, 0.5) is 5.69 Å². The Morgan fingerprint density at radius 1 is 1.15 bits per heavy atom. The lowest BCUT2D eigenvalue weighted by molar-refractivity contribution is 0.560. The molecule has 2 aromatic rings. The molecule has 0 aliphatic rings. The third kappa shape index (κ3) is 3.39. The molecular weight excluding hydrogens is 250 g/mol. The topological polar surface area (TPSA) is 60.1 Å². The Hall–Kier alpha value is -1.81. The largest absolute Gasteiger partial charge is 0.324 e. The molecule has 3 N–H and O–H groups in total. The van der Waals surface area contributed by atoms with Crippen LogP contribution in [0.25, 0.3) is 10.8 Å². The fraction of sp³-hybridized carbons (Fsp3) is 0.438. The summed E-state index contributed by atoms with van der Waals surface area (Å²) >= 11 is 0.